The summed E-state index contributed by atoms with van der Waals surface area (Å²) in [6.07, 6.45) is 1.66. The fourth-order valence-corrected chi connectivity index (χ4v) is 1.20. The van der Waals surface area contributed by atoms with E-state index in [4.69, 9.17) is 4.74 Å². The van der Waals surface area contributed by atoms with E-state index in [0.717, 1.165) is 10.8 Å². The van der Waals surface area contributed by atoms with Crippen LogP contribution in [-0.4, -0.2) is 12.1 Å². The Kier molecular flexibility index (Phi) is 1.85. The molecule has 0 amide bonds. The number of ether oxygens (including phenoxy) is 1. The number of rotatable bonds is 1. The molecule has 2 rings (SSSR count). The number of pyridine rings is 1. The van der Waals surface area contributed by atoms with Gasteiger partial charge in [-0.1, -0.05) is 0 Å². The molecule has 0 unspecified atom stereocenters. The molecule has 0 aliphatic rings. The van der Waals surface area contributed by atoms with Crippen molar-refractivity contribution in [2.45, 2.75) is 0 Å². The van der Waals surface area contributed by atoms with Crippen LogP contribution in [0.2, 0.25) is 0 Å². The smallest absolute Gasteiger partial charge is 0.213 e. The van der Waals surface area contributed by atoms with Crippen LogP contribution in [-0.2, 0) is 0 Å². The van der Waals surface area contributed by atoms with Crippen LogP contribution in [0, 0.1) is 5.82 Å². The largest absolute Gasteiger partial charge is 0.481 e. The lowest BCUT2D eigenvalue weighted by molar-refractivity contribution is 0.399. The van der Waals surface area contributed by atoms with Crippen LogP contribution in [0.1, 0.15) is 0 Å². The highest BCUT2D eigenvalue weighted by Crippen LogP contribution is 2.18. The third kappa shape index (κ3) is 1.45. The van der Waals surface area contributed by atoms with Gasteiger partial charge in [0, 0.05) is 17.6 Å². The van der Waals surface area contributed by atoms with E-state index in [9.17, 15) is 4.39 Å². The Bertz CT molecular complexity index is 442. The summed E-state index contributed by atoms with van der Waals surface area (Å²) in [5.41, 5.74) is 0. The predicted octanol–water partition coefficient (Wildman–Crippen LogP) is 2.38. The molecule has 2 aromatic rings. The highest BCUT2D eigenvalue weighted by atomic mass is 19.1. The zero-order chi connectivity index (χ0) is 9.26. The first-order valence-corrected chi connectivity index (χ1v) is 3.89. The summed E-state index contributed by atoms with van der Waals surface area (Å²) >= 11 is 0. The molecule has 2 nitrogen and oxygen atoms in total. The summed E-state index contributed by atoms with van der Waals surface area (Å²) in [7, 11) is 1.54. The van der Waals surface area contributed by atoms with Crippen molar-refractivity contribution < 1.29 is 9.13 Å². The van der Waals surface area contributed by atoms with Crippen molar-refractivity contribution in [3.8, 4) is 5.88 Å². The van der Waals surface area contributed by atoms with Gasteiger partial charge in [0.2, 0.25) is 5.88 Å². The van der Waals surface area contributed by atoms with Crippen molar-refractivity contribution in [1.82, 2.24) is 4.98 Å². The van der Waals surface area contributed by atoms with Crippen molar-refractivity contribution in [3.63, 3.8) is 0 Å². The van der Waals surface area contributed by atoms with Crippen molar-refractivity contribution in [2.24, 2.45) is 0 Å². The van der Waals surface area contributed by atoms with Gasteiger partial charge in [0.15, 0.2) is 0 Å². The number of hydrogen-bond acceptors (Lipinski definition) is 2. The van der Waals surface area contributed by atoms with Crippen LogP contribution in [0.3, 0.4) is 0 Å². The van der Waals surface area contributed by atoms with Crippen LogP contribution in [0.15, 0.2) is 30.5 Å². The lowest BCUT2D eigenvalue weighted by Gasteiger charge is -2.00. The topological polar surface area (TPSA) is 22.1 Å². The number of hydrogen-bond donors (Lipinski definition) is 0. The van der Waals surface area contributed by atoms with Crippen LogP contribution >= 0.6 is 0 Å². The molecule has 66 valence electrons. The Morgan fingerprint density at radius 3 is 2.85 bits per heavy atom. The van der Waals surface area contributed by atoms with Gasteiger partial charge in [-0.15, -0.1) is 0 Å². The molecule has 1 aromatic carbocycles. The molecule has 1 heterocycles. The average Bonchev–Trinajstić information content (AvgIpc) is 2.16. The van der Waals surface area contributed by atoms with Crippen LogP contribution in [0.4, 0.5) is 4.39 Å². The van der Waals surface area contributed by atoms with Gasteiger partial charge in [-0.3, -0.25) is 0 Å². The Balaban J connectivity index is 2.68. The molecule has 0 saturated carbocycles. The maximum atomic E-state index is 12.8. The van der Waals surface area contributed by atoms with Gasteiger partial charge in [-0.25, -0.2) is 9.37 Å². The zero-order valence-electron chi connectivity index (χ0n) is 7.12. The lowest BCUT2D eigenvalue weighted by Crippen LogP contribution is -1.86. The van der Waals surface area contributed by atoms with E-state index in [0.29, 0.717) is 5.88 Å². The molecule has 0 aliphatic heterocycles. The molecule has 0 spiro atoms. The second kappa shape index (κ2) is 3.01. The minimum Gasteiger partial charge on any atom is -0.481 e. The Hall–Kier alpha value is -1.64. The Morgan fingerprint density at radius 2 is 2.08 bits per heavy atom. The van der Waals surface area contributed by atoms with E-state index in [1.807, 2.05) is 0 Å². The molecule has 0 aliphatic carbocycles. The second-order valence-corrected chi connectivity index (χ2v) is 2.72. The van der Waals surface area contributed by atoms with E-state index in [2.05, 4.69) is 4.98 Å². The fourth-order valence-electron chi connectivity index (χ4n) is 1.20. The molecule has 0 atom stereocenters. The summed E-state index contributed by atoms with van der Waals surface area (Å²) in [4.78, 5) is 4.01. The first-order chi connectivity index (χ1) is 6.29. The maximum Gasteiger partial charge on any atom is 0.213 e. The number of halogens is 1. The van der Waals surface area contributed by atoms with Gasteiger partial charge in [0.1, 0.15) is 5.82 Å². The number of fused-ring (bicyclic) bond motifs is 1. The summed E-state index contributed by atoms with van der Waals surface area (Å²) in [5.74, 6) is 0.249. The van der Waals surface area contributed by atoms with Crippen molar-refractivity contribution in [1.29, 1.82) is 0 Å². The normalized spacial score (nSPS) is 10.3. The zero-order valence-corrected chi connectivity index (χ0v) is 7.12. The van der Waals surface area contributed by atoms with Crippen LogP contribution in [0.5, 0.6) is 5.88 Å². The molecular weight excluding hydrogens is 169 g/mol. The van der Waals surface area contributed by atoms with Gasteiger partial charge < -0.3 is 4.74 Å². The van der Waals surface area contributed by atoms with E-state index < -0.39 is 0 Å². The van der Waals surface area contributed by atoms with E-state index in [-0.39, 0.29) is 5.82 Å². The number of nitrogens with zero attached hydrogens (tertiary/aromatic N) is 1. The maximum absolute atomic E-state index is 12.8. The van der Waals surface area contributed by atoms with Crippen molar-refractivity contribution in [2.75, 3.05) is 7.11 Å². The van der Waals surface area contributed by atoms with E-state index >= 15 is 0 Å². The number of benzene rings is 1. The fraction of sp³-hybridized carbons (Fsp3) is 0.100. The summed E-state index contributed by atoms with van der Waals surface area (Å²) < 4.78 is 17.7. The van der Waals surface area contributed by atoms with Gasteiger partial charge in [0.05, 0.1) is 7.11 Å². The Morgan fingerprint density at radius 1 is 1.23 bits per heavy atom. The molecule has 0 fully saturated rings. The van der Waals surface area contributed by atoms with Gasteiger partial charge in [0.25, 0.3) is 0 Å². The molecule has 0 radical (unpaired) electrons. The first kappa shape index (κ1) is 7.98. The van der Waals surface area contributed by atoms with Gasteiger partial charge in [-0.2, -0.15) is 0 Å². The van der Waals surface area contributed by atoms with Gasteiger partial charge >= 0.3 is 0 Å². The molecule has 1 aromatic heterocycles. The minimum atomic E-state index is -0.249. The molecule has 0 N–H and O–H groups in total. The SMILES string of the molecule is COc1cc2cc(F)ccc2cn1. The molecule has 0 bridgehead atoms. The monoisotopic (exact) mass is 177 g/mol. The minimum absolute atomic E-state index is 0.249. The third-order valence-electron chi connectivity index (χ3n) is 1.87. The Labute approximate surface area is 75.0 Å². The second-order valence-electron chi connectivity index (χ2n) is 2.72. The van der Waals surface area contributed by atoms with Crippen LogP contribution in [0.25, 0.3) is 10.8 Å². The standard InChI is InChI=1S/C10H8FNO/c1-13-10-5-8-4-9(11)3-2-7(8)6-12-10/h2-6H,1H3. The van der Waals surface area contributed by atoms with Crippen molar-refractivity contribution in [3.05, 3.63) is 36.3 Å². The quantitative estimate of drug-likeness (QED) is 0.667. The predicted molar refractivity (Wildman–Crippen MR) is 48.3 cm³/mol. The first-order valence-electron chi connectivity index (χ1n) is 3.89. The summed E-state index contributed by atoms with van der Waals surface area (Å²) in [6, 6.07) is 6.27. The molecular formula is C10H8FNO. The lowest BCUT2D eigenvalue weighted by atomic mass is 10.2. The van der Waals surface area contributed by atoms with Gasteiger partial charge in [-0.05, 0) is 23.6 Å². The van der Waals surface area contributed by atoms with E-state index in [1.54, 1.807) is 18.3 Å². The third-order valence-corrected chi connectivity index (χ3v) is 1.87. The summed E-state index contributed by atoms with van der Waals surface area (Å²) in [5, 5.41) is 1.70. The summed E-state index contributed by atoms with van der Waals surface area (Å²) in [6.45, 7) is 0. The van der Waals surface area contributed by atoms with Crippen molar-refractivity contribution >= 4 is 10.8 Å². The average molecular weight is 177 g/mol. The number of methoxy groups -OCH3 is 1. The number of aromatic nitrogens is 1. The highest BCUT2D eigenvalue weighted by Gasteiger charge is 1.98. The van der Waals surface area contributed by atoms with E-state index in [1.165, 1.54) is 19.2 Å². The highest BCUT2D eigenvalue weighted by molar-refractivity contribution is 5.82. The molecule has 3 heteroatoms. The molecule has 0 saturated heterocycles. The van der Waals surface area contributed by atoms with Crippen LogP contribution < -0.4 is 4.74 Å². The molecule has 13 heavy (non-hydrogen) atoms.